The van der Waals surface area contributed by atoms with E-state index in [1.807, 2.05) is 7.05 Å². The average Bonchev–Trinajstić information content (AvgIpc) is 2.29. The van der Waals surface area contributed by atoms with Crippen LogP contribution in [0.1, 0.15) is 33.3 Å². The fourth-order valence-electron chi connectivity index (χ4n) is 2.32. The Balaban J connectivity index is 2.66. The van der Waals surface area contributed by atoms with E-state index in [4.69, 9.17) is 0 Å². The number of hydrogen-bond acceptors (Lipinski definition) is 2. The maximum absolute atomic E-state index is 3.29. The van der Waals surface area contributed by atoms with Crippen LogP contribution in [0.15, 0.2) is 30.3 Å². The molecule has 0 atom stereocenters. The Morgan fingerprint density at radius 3 is 2.28 bits per heavy atom. The molecule has 1 N–H and O–H groups in total. The second kappa shape index (κ2) is 6.91. The van der Waals surface area contributed by atoms with Crippen molar-refractivity contribution in [3.8, 4) is 0 Å². The molecule has 0 amide bonds. The highest BCUT2D eigenvalue weighted by molar-refractivity contribution is 5.14. The van der Waals surface area contributed by atoms with Crippen LogP contribution in [0, 0.1) is 5.41 Å². The van der Waals surface area contributed by atoms with Gasteiger partial charge in [-0.15, -0.1) is 0 Å². The highest BCUT2D eigenvalue weighted by Crippen LogP contribution is 2.19. The Bertz CT molecular complexity index is 330. The van der Waals surface area contributed by atoms with Crippen LogP contribution >= 0.6 is 0 Å². The lowest BCUT2D eigenvalue weighted by Gasteiger charge is -2.35. The van der Waals surface area contributed by atoms with Crippen LogP contribution in [-0.2, 0) is 6.54 Å². The Hall–Kier alpha value is -0.860. The van der Waals surface area contributed by atoms with Gasteiger partial charge in [-0.25, -0.2) is 0 Å². The standard InChI is InChI=1S/C16H28N2/c1-14(2)18(13-16(3,4)12-17-5)11-15-9-7-6-8-10-15/h6-10,14,17H,11-13H2,1-5H3. The molecule has 0 aliphatic rings. The summed E-state index contributed by atoms with van der Waals surface area (Å²) in [6, 6.07) is 11.3. The maximum atomic E-state index is 3.29. The largest absolute Gasteiger partial charge is 0.319 e. The molecule has 102 valence electrons. The van der Waals surface area contributed by atoms with Gasteiger partial charge in [0.15, 0.2) is 0 Å². The zero-order valence-corrected chi connectivity index (χ0v) is 12.5. The van der Waals surface area contributed by atoms with Gasteiger partial charge < -0.3 is 5.32 Å². The van der Waals surface area contributed by atoms with E-state index in [9.17, 15) is 0 Å². The SMILES string of the molecule is CNCC(C)(C)CN(Cc1ccccc1)C(C)C. The third-order valence-electron chi connectivity index (χ3n) is 3.25. The molecule has 0 bridgehead atoms. The van der Waals surface area contributed by atoms with E-state index < -0.39 is 0 Å². The molecular formula is C16H28N2. The Kier molecular flexibility index (Phi) is 5.83. The smallest absolute Gasteiger partial charge is 0.0236 e. The summed E-state index contributed by atoms with van der Waals surface area (Å²) >= 11 is 0. The number of nitrogens with one attached hydrogen (secondary N) is 1. The van der Waals surface area contributed by atoms with Crippen molar-refractivity contribution in [3.63, 3.8) is 0 Å². The molecule has 2 heteroatoms. The molecule has 1 aromatic carbocycles. The monoisotopic (exact) mass is 248 g/mol. The van der Waals surface area contributed by atoms with Gasteiger partial charge in [-0.2, -0.15) is 0 Å². The van der Waals surface area contributed by atoms with Crippen LogP contribution in [0.4, 0.5) is 0 Å². The normalized spacial score (nSPS) is 12.4. The van der Waals surface area contributed by atoms with Gasteiger partial charge in [-0.1, -0.05) is 44.2 Å². The molecule has 0 fully saturated rings. The van der Waals surface area contributed by atoms with E-state index in [1.54, 1.807) is 0 Å². The summed E-state index contributed by atoms with van der Waals surface area (Å²) in [6.45, 7) is 12.4. The predicted molar refractivity (Wildman–Crippen MR) is 79.7 cm³/mol. The fourth-order valence-corrected chi connectivity index (χ4v) is 2.32. The number of benzene rings is 1. The molecule has 0 aliphatic heterocycles. The lowest BCUT2D eigenvalue weighted by Crippen LogP contribution is -2.42. The van der Waals surface area contributed by atoms with Crippen LogP contribution in [0.3, 0.4) is 0 Å². The Labute approximate surface area is 112 Å². The van der Waals surface area contributed by atoms with Crippen molar-refractivity contribution in [1.82, 2.24) is 10.2 Å². The minimum atomic E-state index is 0.299. The number of hydrogen-bond donors (Lipinski definition) is 1. The third-order valence-corrected chi connectivity index (χ3v) is 3.25. The van der Waals surface area contributed by atoms with Crippen molar-refractivity contribution in [2.45, 2.75) is 40.3 Å². The molecule has 18 heavy (non-hydrogen) atoms. The molecule has 0 heterocycles. The minimum Gasteiger partial charge on any atom is -0.319 e. The first kappa shape index (κ1) is 15.2. The lowest BCUT2D eigenvalue weighted by molar-refractivity contribution is 0.136. The van der Waals surface area contributed by atoms with Crippen molar-refractivity contribution in [1.29, 1.82) is 0 Å². The van der Waals surface area contributed by atoms with Gasteiger partial charge in [0.25, 0.3) is 0 Å². The number of rotatable bonds is 7. The van der Waals surface area contributed by atoms with Gasteiger partial charge in [0.1, 0.15) is 0 Å². The molecule has 1 aromatic rings. The molecular weight excluding hydrogens is 220 g/mol. The summed E-state index contributed by atoms with van der Waals surface area (Å²) in [5, 5.41) is 3.29. The van der Waals surface area contributed by atoms with Gasteiger partial charge in [0.2, 0.25) is 0 Å². The van der Waals surface area contributed by atoms with Crippen LogP contribution in [0.5, 0.6) is 0 Å². The van der Waals surface area contributed by atoms with Gasteiger partial charge >= 0.3 is 0 Å². The summed E-state index contributed by atoms with van der Waals surface area (Å²) in [5.74, 6) is 0. The van der Waals surface area contributed by atoms with Crippen molar-refractivity contribution >= 4 is 0 Å². The van der Waals surface area contributed by atoms with Crippen LogP contribution in [0.2, 0.25) is 0 Å². The summed E-state index contributed by atoms with van der Waals surface area (Å²) in [6.07, 6.45) is 0. The first-order valence-corrected chi connectivity index (χ1v) is 6.87. The van der Waals surface area contributed by atoms with Gasteiger partial charge in [-0.05, 0) is 31.9 Å². The van der Waals surface area contributed by atoms with Crippen molar-refractivity contribution in [3.05, 3.63) is 35.9 Å². The highest BCUT2D eigenvalue weighted by Gasteiger charge is 2.22. The van der Waals surface area contributed by atoms with Gasteiger partial charge in [0.05, 0.1) is 0 Å². The maximum Gasteiger partial charge on any atom is 0.0236 e. The van der Waals surface area contributed by atoms with E-state index >= 15 is 0 Å². The molecule has 0 aliphatic carbocycles. The molecule has 2 nitrogen and oxygen atoms in total. The minimum absolute atomic E-state index is 0.299. The van der Waals surface area contributed by atoms with Gasteiger partial charge in [0, 0.05) is 25.7 Å². The Morgan fingerprint density at radius 1 is 1.17 bits per heavy atom. The summed E-state index contributed by atoms with van der Waals surface area (Å²) < 4.78 is 0. The third kappa shape index (κ3) is 5.19. The van der Waals surface area contributed by atoms with Crippen molar-refractivity contribution < 1.29 is 0 Å². The second-order valence-corrected chi connectivity index (χ2v) is 6.18. The van der Waals surface area contributed by atoms with Crippen LogP contribution in [-0.4, -0.2) is 31.1 Å². The van der Waals surface area contributed by atoms with Crippen molar-refractivity contribution in [2.75, 3.05) is 20.1 Å². The predicted octanol–water partition coefficient (Wildman–Crippen LogP) is 3.14. The number of nitrogens with zero attached hydrogens (tertiary/aromatic N) is 1. The molecule has 0 aromatic heterocycles. The first-order chi connectivity index (χ1) is 8.44. The molecule has 0 unspecified atom stereocenters. The molecule has 0 saturated carbocycles. The quantitative estimate of drug-likeness (QED) is 0.797. The van der Waals surface area contributed by atoms with E-state index in [1.165, 1.54) is 5.56 Å². The molecule has 0 radical (unpaired) electrons. The van der Waals surface area contributed by atoms with Crippen LogP contribution < -0.4 is 5.32 Å². The van der Waals surface area contributed by atoms with Crippen LogP contribution in [0.25, 0.3) is 0 Å². The zero-order chi connectivity index (χ0) is 13.6. The van der Waals surface area contributed by atoms with Gasteiger partial charge in [-0.3, -0.25) is 4.90 Å². The first-order valence-electron chi connectivity index (χ1n) is 6.87. The lowest BCUT2D eigenvalue weighted by atomic mass is 9.92. The Morgan fingerprint density at radius 2 is 1.78 bits per heavy atom. The van der Waals surface area contributed by atoms with Crippen molar-refractivity contribution in [2.24, 2.45) is 5.41 Å². The molecule has 0 spiro atoms. The second-order valence-electron chi connectivity index (χ2n) is 6.18. The summed E-state index contributed by atoms with van der Waals surface area (Å²) in [7, 11) is 2.03. The van der Waals surface area contributed by atoms with E-state index in [0.717, 1.165) is 19.6 Å². The van der Waals surface area contributed by atoms with E-state index in [0.29, 0.717) is 11.5 Å². The summed E-state index contributed by atoms with van der Waals surface area (Å²) in [4.78, 5) is 2.55. The van der Waals surface area contributed by atoms with E-state index in [-0.39, 0.29) is 0 Å². The topological polar surface area (TPSA) is 15.3 Å². The summed E-state index contributed by atoms with van der Waals surface area (Å²) in [5.41, 5.74) is 1.69. The fraction of sp³-hybridized carbons (Fsp3) is 0.625. The average molecular weight is 248 g/mol. The highest BCUT2D eigenvalue weighted by atomic mass is 15.2. The molecule has 1 rings (SSSR count). The zero-order valence-electron chi connectivity index (χ0n) is 12.5. The molecule has 0 saturated heterocycles. The van der Waals surface area contributed by atoms with E-state index in [2.05, 4.69) is 68.2 Å².